The van der Waals surface area contributed by atoms with Gasteiger partial charge in [-0.3, -0.25) is 4.79 Å². The van der Waals surface area contributed by atoms with Gasteiger partial charge in [-0.1, -0.05) is 12.1 Å². The second-order valence-electron chi connectivity index (χ2n) is 6.53. The highest BCUT2D eigenvalue weighted by Gasteiger charge is 2.19. The predicted molar refractivity (Wildman–Crippen MR) is 106 cm³/mol. The van der Waals surface area contributed by atoms with E-state index in [0.717, 1.165) is 11.3 Å². The molecule has 6 heteroatoms. The first kappa shape index (κ1) is 18.0. The SMILES string of the molecule is COc1cccc(C(CC(=O)Nc2ccc3c(c2)OCCO3)n2cccc2)c1. The van der Waals surface area contributed by atoms with Gasteiger partial charge in [0.1, 0.15) is 19.0 Å². The van der Waals surface area contributed by atoms with Gasteiger partial charge in [-0.2, -0.15) is 0 Å². The van der Waals surface area contributed by atoms with E-state index in [9.17, 15) is 4.79 Å². The lowest BCUT2D eigenvalue weighted by atomic mass is 10.0. The average Bonchev–Trinajstić information content (AvgIpc) is 3.26. The van der Waals surface area contributed by atoms with Crippen molar-refractivity contribution in [3.05, 3.63) is 72.6 Å². The first-order valence-electron chi connectivity index (χ1n) is 9.19. The lowest BCUT2D eigenvalue weighted by Gasteiger charge is -2.21. The van der Waals surface area contributed by atoms with Crippen molar-refractivity contribution in [1.29, 1.82) is 0 Å². The van der Waals surface area contributed by atoms with E-state index in [1.807, 2.05) is 65.5 Å². The first-order chi connectivity index (χ1) is 13.7. The molecule has 1 amide bonds. The molecule has 144 valence electrons. The van der Waals surface area contributed by atoms with Crippen molar-refractivity contribution in [2.24, 2.45) is 0 Å². The second kappa shape index (κ2) is 8.08. The number of anilines is 1. The van der Waals surface area contributed by atoms with E-state index in [2.05, 4.69) is 5.32 Å². The molecule has 0 bridgehead atoms. The fourth-order valence-corrected chi connectivity index (χ4v) is 3.31. The van der Waals surface area contributed by atoms with Gasteiger partial charge in [0.05, 0.1) is 19.6 Å². The molecule has 6 nitrogen and oxygen atoms in total. The third-order valence-electron chi connectivity index (χ3n) is 4.67. The monoisotopic (exact) mass is 378 g/mol. The van der Waals surface area contributed by atoms with Gasteiger partial charge in [0, 0.05) is 24.1 Å². The number of fused-ring (bicyclic) bond motifs is 1. The molecule has 0 saturated carbocycles. The molecular formula is C22H22N2O4. The van der Waals surface area contributed by atoms with E-state index < -0.39 is 0 Å². The first-order valence-corrected chi connectivity index (χ1v) is 9.19. The van der Waals surface area contributed by atoms with Crippen molar-refractivity contribution in [1.82, 2.24) is 4.57 Å². The van der Waals surface area contributed by atoms with Crippen molar-refractivity contribution in [3.63, 3.8) is 0 Å². The minimum Gasteiger partial charge on any atom is -0.497 e. The summed E-state index contributed by atoms with van der Waals surface area (Å²) in [5, 5.41) is 2.96. The van der Waals surface area contributed by atoms with Crippen LogP contribution >= 0.6 is 0 Å². The summed E-state index contributed by atoms with van der Waals surface area (Å²) in [7, 11) is 1.64. The molecule has 0 spiro atoms. The largest absolute Gasteiger partial charge is 0.497 e. The maximum atomic E-state index is 12.8. The number of amides is 1. The van der Waals surface area contributed by atoms with Crippen LogP contribution in [-0.2, 0) is 4.79 Å². The number of benzene rings is 2. The van der Waals surface area contributed by atoms with Crippen molar-refractivity contribution in [2.75, 3.05) is 25.6 Å². The van der Waals surface area contributed by atoms with Gasteiger partial charge in [0.15, 0.2) is 11.5 Å². The molecule has 0 aliphatic carbocycles. The summed E-state index contributed by atoms with van der Waals surface area (Å²) in [5.74, 6) is 2.03. The summed E-state index contributed by atoms with van der Waals surface area (Å²) in [4.78, 5) is 12.8. The number of nitrogens with one attached hydrogen (secondary N) is 1. The van der Waals surface area contributed by atoms with Gasteiger partial charge < -0.3 is 24.1 Å². The molecule has 0 radical (unpaired) electrons. The fraction of sp³-hybridized carbons (Fsp3) is 0.227. The van der Waals surface area contributed by atoms with Crippen LogP contribution in [0.4, 0.5) is 5.69 Å². The number of methoxy groups -OCH3 is 1. The normalized spacial score (nSPS) is 13.6. The van der Waals surface area contributed by atoms with Gasteiger partial charge in [0.25, 0.3) is 0 Å². The lowest BCUT2D eigenvalue weighted by Crippen LogP contribution is -2.20. The number of carbonyl (C=O) groups is 1. The smallest absolute Gasteiger partial charge is 0.226 e. The molecule has 0 saturated heterocycles. The average molecular weight is 378 g/mol. The quantitative estimate of drug-likeness (QED) is 0.707. The van der Waals surface area contributed by atoms with Crippen molar-refractivity contribution in [3.8, 4) is 17.2 Å². The van der Waals surface area contributed by atoms with Crippen LogP contribution < -0.4 is 19.5 Å². The molecule has 1 N–H and O–H groups in total. The van der Waals surface area contributed by atoms with Gasteiger partial charge in [0.2, 0.25) is 5.91 Å². The standard InChI is InChI=1S/C22H22N2O4/c1-26-18-6-4-5-16(13-18)19(24-9-2-3-10-24)15-22(25)23-17-7-8-20-21(14-17)28-12-11-27-20/h2-10,13-14,19H,11-12,15H2,1H3,(H,23,25). The summed E-state index contributed by atoms with van der Waals surface area (Å²) in [6.07, 6.45) is 4.21. The number of nitrogens with zero attached hydrogens (tertiary/aromatic N) is 1. The zero-order valence-corrected chi connectivity index (χ0v) is 15.6. The summed E-state index contributed by atoms with van der Waals surface area (Å²) in [6, 6.07) is 17.0. The Balaban J connectivity index is 1.52. The Morgan fingerprint density at radius 3 is 2.64 bits per heavy atom. The zero-order valence-electron chi connectivity index (χ0n) is 15.6. The fourth-order valence-electron chi connectivity index (χ4n) is 3.31. The van der Waals surface area contributed by atoms with E-state index in [1.165, 1.54) is 0 Å². The van der Waals surface area contributed by atoms with E-state index in [4.69, 9.17) is 14.2 Å². The summed E-state index contributed by atoms with van der Waals surface area (Å²) >= 11 is 0. The number of ether oxygens (including phenoxy) is 3. The highest BCUT2D eigenvalue weighted by molar-refractivity contribution is 5.91. The Hall–Kier alpha value is -3.41. The number of hydrogen-bond acceptors (Lipinski definition) is 4. The number of carbonyl (C=O) groups excluding carboxylic acids is 1. The van der Waals surface area contributed by atoms with Gasteiger partial charge in [-0.05, 0) is 42.0 Å². The van der Waals surface area contributed by atoms with Crippen LogP contribution in [0.3, 0.4) is 0 Å². The van der Waals surface area contributed by atoms with Crippen LogP contribution in [0.2, 0.25) is 0 Å². The Morgan fingerprint density at radius 2 is 1.86 bits per heavy atom. The number of hydrogen-bond donors (Lipinski definition) is 1. The van der Waals surface area contributed by atoms with E-state index in [-0.39, 0.29) is 18.4 Å². The molecule has 28 heavy (non-hydrogen) atoms. The molecule has 1 atom stereocenters. The van der Waals surface area contributed by atoms with Gasteiger partial charge in [-0.25, -0.2) is 0 Å². The number of rotatable bonds is 6. The van der Waals surface area contributed by atoms with Gasteiger partial charge in [-0.15, -0.1) is 0 Å². The highest BCUT2D eigenvalue weighted by Crippen LogP contribution is 2.33. The minimum absolute atomic E-state index is 0.0850. The predicted octanol–water partition coefficient (Wildman–Crippen LogP) is 3.89. The van der Waals surface area contributed by atoms with Crippen LogP contribution in [0, 0.1) is 0 Å². The minimum atomic E-state index is -0.137. The molecule has 1 aliphatic rings. The molecule has 1 aliphatic heterocycles. The summed E-state index contributed by atoms with van der Waals surface area (Å²) < 4.78 is 18.5. The van der Waals surface area contributed by atoms with Crippen LogP contribution in [0.1, 0.15) is 18.0 Å². The molecule has 4 rings (SSSR count). The lowest BCUT2D eigenvalue weighted by molar-refractivity contribution is -0.116. The van der Waals surface area contributed by atoms with Crippen LogP contribution in [0.25, 0.3) is 0 Å². The maximum Gasteiger partial charge on any atom is 0.226 e. The van der Waals surface area contributed by atoms with Crippen LogP contribution in [0.5, 0.6) is 17.2 Å². The van der Waals surface area contributed by atoms with Gasteiger partial charge >= 0.3 is 0 Å². The molecule has 3 aromatic rings. The Morgan fingerprint density at radius 1 is 1.07 bits per heavy atom. The van der Waals surface area contributed by atoms with Crippen LogP contribution in [0.15, 0.2) is 67.0 Å². The summed E-state index contributed by atoms with van der Waals surface area (Å²) in [6.45, 7) is 1.05. The van der Waals surface area contributed by atoms with Crippen molar-refractivity contribution in [2.45, 2.75) is 12.5 Å². The topological polar surface area (TPSA) is 61.7 Å². The Bertz CT molecular complexity index is 953. The molecule has 2 heterocycles. The third-order valence-corrected chi connectivity index (χ3v) is 4.67. The molecule has 2 aromatic carbocycles. The highest BCUT2D eigenvalue weighted by atomic mass is 16.6. The molecular weight excluding hydrogens is 356 g/mol. The van der Waals surface area contributed by atoms with Crippen molar-refractivity contribution < 1.29 is 19.0 Å². The van der Waals surface area contributed by atoms with Crippen molar-refractivity contribution >= 4 is 11.6 Å². The van der Waals surface area contributed by atoms with E-state index in [0.29, 0.717) is 30.4 Å². The number of aromatic nitrogens is 1. The zero-order chi connectivity index (χ0) is 19.3. The Kier molecular flexibility index (Phi) is 5.19. The third kappa shape index (κ3) is 3.96. The molecule has 1 aromatic heterocycles. The Labute approximate surface area is 163 Å². The second-order valence-corrected chi connectivity index (χ2v) is 6.53. The van der Waals surface area contributed by atoms with E-state index >= 15 is 0 Å². The van der Waals surface area contributed by atoms with Crippen LogP contribution in [-0.4, -0.2) is 30.8 Å². The maximum absolute atomic E-state index is 12.8. The molecule has 1 unspecified atom stereocenters. The van der Waals surface area contributed by atoms with E-state index in [1.54, 1.807) is 13.2 Å². The summed E-state index contributed by atoms with van der Waals surface area (Å²) in [5.41, 5.74) is 1.69. The molecule has 0 fully saturated rings.